The Morgan fingerprint density at radius 1 is 1.35 bits per heavy atom. The van der Waals surface area contributed by atoms with Gasteiger partial charge in [0.05, 0.1) is 11.0 Å². The Bertz CT molecular complexity index is 913. The summed E-state index contributed by atoms with van der Waals surface area (Å²) in [5.74, 6) is 0.561. The van der Waals surface area contributed by atoms with Gasteiger partial charge >= 0.3 is 6.03 Å². The molecule has 2 amide bonds. The van der Waals surface area contributed by atoms with Crippen LogP contribution >= 0.6 is 0 Å². The van der Waals surface area contributed by atoms with Crippen molar-refractivity contribution in [3.05, 3.63) is 63.7 Å². The van der Waals surface area contributed by atoms with Crippen molar-refractivity contribution in [2.75, 3.05) is 4.90 Å². The lowest BCUT2D eigenvalue weighted by Crippen LogP contribution is -2.65. The number of carbonyl (C=O) groups excluding carboxylic acids is 1. The molecule has 1 N–H and O–H groups in total. The maximum atomic E-state index is 12.8. The number of nitro groups is 1. The van der Waals surface area contributed by atoms with E-state index in [9.17, 15) is 14.9 Å². The van der Waals surface area contributed by atoms with Crippen LogP contribution in [0.4, 0.5) is 16.2 Å². The maximum absolute atomic E-state index is 12.8. The normalized spacial score (nSPS) is 23.7. The summed E-state index contributed by atoms with van der Waals surface area (Å²) in [7, 11) is 0. The molecule has 26 heavy (non-hydrogen) atoms. The number of urea groups is 1. The molecular weight excluding hydrogens is 334 g/mol. The van der Waals surface area contributed by atoms with Crippen LogP contribution in [0.2, 0.25) is 0 Å². The predicted octanol–water partition coefficient (Wildman–Crippen LogP) is 3.93. The number of amides is 2. The van der Waals surface area contributed by atoms with E-state index in [1.165, 1.54) is 12.1 Å². The summed E-state index contributed by atoms with van der Waals surface area (Å²) in [4.78, 5) is 25.1. The number of nitrogens with one attached hydrogen (secondary N) is 1. The Hall–Kier alpha value is -3.09. The van der Waals surface area contributed by atoms with E-state index in [2.05, 4.69) is 12.2 Å². The molecule has 2 aliphatic heterocycles. The Morgan fingerprint density at radius 2 is 2.15 bits per heavy atom. The second-order valence-corrected chi connectivity index (χ2v) is 6.82. The van der Waals surface area contributed by atoms with E-state index >= 15 is 0 Å². The number of ether oxygens (including phenoxy) is 1. The molecule has 1 saturated heterocycles. The summed E-state index contributed by atoms with van der Waals surface area (Å²) < 4.78 is 6.18. The lowest BCUT2D eigenvalue weighted by atomic mass is 9.89. The van der Waals surface area contributed by atoms with Crippen molar-refractivity contribution in [3.63, 3.8) is 0 Å². The molecule has 1 fully saturated rings. The van der Waals surface area contributed by atoms with Crippen LogP contribution in [0.5, 0.6) is 5.75 Å². The number of fused-ring (bicyclic) bond motifs is 4. The highest BCUT2D eigenvalue weighted by atomic mass is 16.6. The van der Waals surface area contributed by atoms with Gasteiger partial charge in [-0.2, -0.15) is 0 Å². The Balaban J connectivity index is 1.77. The number of nitrogens with zero attached hydrogens (tertiary/aromatic N) is 2. The summed E-state index contributed by atoms with van der Waals surface area (Å²) in [5, 5.41) is 14.0. The van der Waals surface area contributed by atoms with Crippen LogP contribution in [0.25, 0.3) is 0 Å². The fourth-order valence-electron chi connectivity index (χ4n) is 3.78. The molecule has 0 spiro atoms. The van der Waals surface area contributed by atoms with Gasteiger partial charge in [0.25, 0.3) is 5.69 Å². The molecule has 2 atom stereocenters. The fourth-order valence-corrected chi connectivity index (χ4v) is 3.78. The molecule has 0 saturated carbocycles. The topological polar surface area (TPSA) is 84.7 Å². The van der Waals surface area contributed by atoms with Crippen LogP contribution < -0.4 is 15.0 Å². The Labute approximate surface area is 150 Å². The summed E-state index contributed by atoms with van der Waals surface area (Å²) in [6.07, 6.45) is 1.37. The van der Waals surface area contributed by atoms with E-state index in [0.717, 1.165) is 17.7 Å². The number of anilines is 1. The zero-order chi connectivity index (χ0) is 18.5. The monoisotopic (exact) mass is 353 g/mol. The van der Waals surface area contributed by atoms with Gasteiger partial charge in [-0.3, -0.25) is 15.0 Å². The summed E-state index contributed by atoms with van der Waals surface area (Å²) in [6, 6.07) is 11.7. The van der Waals surface area contributed by atoms with Crippen molar-refractivity contribution in [2.24, 2.45) is 0 Å². The number of benzene rings is 2. The van der Waals surface area contributed by atoms with Gasteiger partial charge in [0.15, 0.2) is 5.72 Å². The number of non-ortho nitro benzene ring substituents is 1. The van der Waals surface area contributed by atoms with E-state index in [-0.39, 0.29) is 17.8 Å². The molecule has 7 nitrogen and oxygen atoms in total. The van der Waals surface area contributed by atoms with E-state index in [1.54, 1.807) is 11.0 Å². The van der Waals surface area contributed by atoms with Gasteiger partial charge in [-0.15, -0.1) is 0 Å². The molecule has 2 unspecified atom stereocenters. The zero-order valence-electron chi connectivity index (χ0n) is 14.6. The minimum absolute atomic E-state index is 0.0109. The first kappa shape index (κ1) is 16.4. The van der Waals surface area contributed by atoms with Crippen molar-refractivity contribution < 1.29 is 14.5 Å². The highest BCUT2D eigenvalue weighted by Gasteiger charge is 2.50. The molecule has 134 valence electrons. The molecule has 7 heteroatoms. The molecule has 2 aliphatic rings. The summed E-state index contributed by atoms with van der Waals surface area (Å²) in [5.41, 5.74) is 1.68. The predicted molar refractivity (Wildman–Crippen MR) is 96.3 cm³/mol. The third kappa shape index (κ3) is 2.47. The van der Waals surface area contributed by atoms with E-state index in [1.807, 2.05) is 31.2 Å². The molecule has 0 aromatic heterocycles. The molecular formula is C19H19N3O4. The standard InChI is InChI=1S/C19H19N3O4/c1-3-12-5-4-6-13(9-12)21-18(23)20-16-11-19(21,2)26-17-8-7-14(22(24)25)10-15(16)17/h4-10,16H,3,11H2,1-2H3,(H,20,23). The van der Waals surface area contributed by atoms with Gasteiger partial charge in [-0.05, 0) is 37.1 Å². The van der Waals surface area contributed by atoms with Crippen molar-refractivity contribution in [1.29, 1.82) is 0 Å². The summed E-state index contributed by atoms with van der Waals surface area (Å²) >= 11 is 0. The zero-order valence-corrected chi connectivity index (χ0v) is 14.6. The average Bonchev–Trinajstić information content (AvgIpc) is 2.60. The van der Waals surface area contributed by atoms with Gasteiger partial charge < -0.3 is 10.1 Å². The van der Waals surface area contributed by atoms with Gasteiger partial charge in [0.1, 0.15) is 5.75 Å². The van der Waals surface area contributed by atoms with Gasteiger partial charge in [-0.25, -0.2) is 4.79 Å². The molecule has 2 aromatic carbocycles. The minimum atomic E-state index is -0.859. The second kappa shape index (κ2) is 5.72. The lowest BCUT2D eigenvalue weighted by molar-refractivity contribution is -0.385. The van der Waals surface area contributed by atoms with Crippen LogP contribution in [-0.2, 0) is 6.42 Å². The quantitative estimate of drug-likeness (QED) is 0.669. The van der Waals surface area contributed by atoms with Gasteiger partial charge in [0, 0.05) is 29.8 Å². The van der Waals surface area contributed by atoms with Crippen molar-refractivity contribution >= 4 is 17.4 Å². The first-order chi connectivity index (χ1) is 12.4. The first-order valence-electron chi connectivity index (χ1n) is 8.58. The summed E-state index contributed by atoms with van der Waals surface area (Å²) in [6.45, 7) is 3.94. The van der Waals surface area contributed by atoms with E-state index < -0.39 is 10.6 Å². The second-order valence-electron chi connectivity index (χ2n) is 6.82. The maximum Gasteiger partial charge on any atom is 0.325 e. The SMILES string of the molecule is CCc1cccc(N2C(=O)NC3CC2(C)Oc2ccc([N+](=O)[O-])cc23)c1. The van der Waals surface area contributed by atoms with Gasteiger partial charge in [-0.1, -0.05) is 19.1 Å². The molecule has 0 aliphatic carbocycles. The number of nitro benzene ring substituents is 1. The Morgan fingerprint density at radius 3 is 2.88 bits per heavy atom. The van der Waals surface area contributed by atoms with Crippen molar-refractivity contribution in [3.8, 4) is 5.75 Å². The number of carbonyl (C=O) groups is 1. The van der Waals surface area contributed by atoms with Crippen molar-refractivity contribution in [1.82, 2.24) is 5.32 Å². The third-order valence-electron chi connectivity index (χ3n) is 5.04. The van der Waals surface area contributed by atoms with E-state index in [0.29, 0.717) is 17.7 Å². The van der Waals surface area contributed by atoms with Crippen LogP contribution in [0.1, 0.15) is 37.4 Å². The largest absolute Gasteiger partial charge is 0.467 e. The number of hydrogen-bond acceptors (Lipinski definition) is 4. The minimum Gasteiger partial charge on any atom is -0.467 e. The van der Waals surface area contributed by atoms with Crippen LogP contribution in [0.3, 0.4) is 0 Å². The number of rotatable bonds is 3. The fraction of sp³-hybridized carbons (Fsp3) is 0.316. The van der Waals surface area contributed by atoms with Crippen LogP contribution in [-0.4, -0.2) is 16.7 Å². The highest BCUT2D eigenvalue weighted by Crippen LogP contribution is 2.46. The smallest absolute Gasteiger partial charge is 0.325 e. The molecule has 2 heterocycles. The van der Waals surface area contributed by atoms with Gasteiger partial charge in [0.2, 0.25) is 0 Å². The highest BCUT2D eigenvalue weighted by molar-refractivity contribution is 5.95. The van der Waals surface area contributed by atoms with E-state index in [4.69, 9.17) is 4.74 Å². The molecule has 4 rings (SSSR count). The molecule has 2 aromatic rings. The molecule has 0 radical (unpaired) electrons. The van der Waals surface area contributed by atoms with Crippen LogP contribution in [0.15, 0.2) is 42.5 Å². The van der Waals surface area contributed by atoms with Crippen molar-refractivity contribution in [2.45, 2.75) is 38.5 Å². The number of hydrogen-bond donors (Lipinski definition) is 1. The lowest BCUT2D eigenvalue weighted by Gasteiger charge is -2.50. The molecule has 2 bridgehead atoms. The number of aryl methyl sites for hydroxylation is 1. The first-order valence-corrected chi connectivity index (χ1v) is 8.58. The average molecular weight is 353 g/mol. The third-order valence-corrected chi connectivity index (χ3v) is 5.04. The Kier molecular flexibility index (Phi) is 3.61. The van der Waals surface area contributed by atoms with Crippen LogP contribution in [0, 0.1) is 10.1 Å².